The summed E-state index contributed by atoms with van der Waals surface area (Å²) >= 11 is 0. The van der Waals surface area contributed by atoms with Gasteiger partial charge in [0.2, 0.25) is 0 Å². The Balaban J connectivity index is 1.15. The van der Waals surface area contributed by atoms with Gasteiger partial charge in [0.1, 0.15) is 29.8 Å². The summed E-state index contributed by atoms with van der Waals surface area (Å²) in [4.78, 5) is 2.06. The summed E-state index contributed by atoms with van der Waals surface area (Å²) in [6, 6.07) is 11.5. The Labute approximate surface area is 198 Å². The van der Waals surface area contributed by atoms with Crippen LogP contribution < -0.4 is 15.4 Å². The zero-order valence-electron chi connectivity index (χ0n) is 18.8. The monoisotopic (exact) mass is 469 g/mol. The van der Waals surface area contributed by atoms with E-state index >= 15 is 0 Å². The number of aliphatic hydroxyl groups excluding tert-OH is 1. The van der Waals surface area contributed by atoms with Gasteiger partial charge < -0.3 is 30.1 Å². The van der Waals surface area contributed by atoms with E-state index in [1.807, 2.05) is 24.5 Å². The zero-order chi connectivity index (χ0) is 23.8. The minimum absolute atomic E-state index is 0.0433. The van der Waals surface area contributed by atoms with E-state index < -0.39 is 11.6 Å². The number of hydrogen-bond acceptors (Lipinski definition) is 6. The molecular weight excluding hydrogens is 440 g/mol. The van der Waals surface area contributed by atoms with Crippen molar-refractivity contribution in [2.45, 2.75) is 31.7 Å². The first-order valence-corrected chi connectivity index (χ1v) is 11.4. The van der Waals surface area contributed by atoms with Crippen molar-refractivity contribution in [1.82, 2.24) is 15.5 Å². The lowest BCUT2D eigenvalue weighted by Crippen LogP contribution is -2.39. The van der Waals surface area contributed by atoms with E-state index in [1.165, 1.54) is 17.7 Å². The van der Waals surface area contributed by atoms with Gasteiger partial charge in [-0.25, -0.2) is 8.78 Å². The highest BCUT2D eigenvalue weighted by atomic mass is 19.1. The van der Waals surface area contributed by atoms with E-state index in [-0.39, 0.29) is 19.0 Å². The summed E-state index contributed by atoms with van der Waals surface area (Å²) in [6.45, 7) is 1.49. The molecular formula is C26H29F2N3O3. The summed E-state index contributed by atoms with van der Waals surface area (Å²) in [5, 5.41) is 15.6. The summed E-state index contributed by atoms with van der Waals surface area (Å²) < 4.78 is 38.1. The van der Waals surface area contributed by atoms with Crippen molar-refractivity contribution in [2.24, 2.45) is 0 Å². The number of benzene rings is 2. The van der Waals surface area contributed by atoms with E-state index in [9.17, 15) is 13.9 Å². The first kappa shape index (κ1) is 23.6. The van der Waals surface area contributed by atoms with Gasteiger partial charge in [-0.3, -0.25) is 0 Å². The van der Waals surface area contributed by atoms with Gasteiger partial charge in [0, 0.05) is 36.3 Å². The van der Waals surface area contributed by atoms with Crippen LogP contribution in [0, 0.1) is 11.6 Å². The van der Waals surface area contributed by atoms with E-state index in [0.717, 1.165) is 43.3 Å². The molecule has 0 aromatic heterocycles. The molecule has 2 aromatic rings. The largest absolute Gasteiger partial charge is 0.494 e. The number of allylic oxidation sites excluding steroid dienone is 1. The van der Waals surface area contributed by atoms with Crippen LogP contribution in [0.15, 0.2) is 72.9 Å². The Morgan fingerprint density at radius 1 is 1.12 bits per heavy atom. The highest BCUT2D eigenvalue weighted by molar-refractivity contribution is 5.50. The number of hydrogen-bond donors (Lipinski definition) is 3. The van der Waals surface area contributed by atoms with Gasteiger partial charge in [-0.05, 0) is 55.2 Å². The van der Waals surface area contributed by atoms with Crippen molar-refractivity contribution < 1.29 is 23.4 Å². The molecule has 2 unspecified atom stereocenters. The first-order valence-electron chi connectivity index (χ1n) is 11.4. The van der Waals surface area contributed by atoms with Crippen LogP contribution in [-0.4, -0.2) is 42.2 Å². The molecule has 0 radical (unpaired) electrons. The molecule has 0 saturated carbocycles. The predicted molar refractivity (Wildman–Crippen MR) is 126 cm³/mol. The molecule has 180 valence electrons. The summed E-state index contributed by atoms with van der Waals surface area (Å²) in [6.07, 6.45) is 10.8. The minimum atomic E-state index is -0.605. The van der Waals surface area contributed by atoms with Crippen LogP contribution in [-0.2, 0) is 11.2 Å². The number of aryl methyl sites for hydroxylation is 1. The average Bonchev–Trinajstić information content (AvgIpc) is 3.50. The Kier molecular flexibility index (Phi) is 8.04. The molecule has 0 fully saturated rings. The third-order valence-electron chi connectivity index (χ3n) is 5.66. The van der Waals surface area contributed by atoms with Gasteiger partial charge in [0.15, 0.2) is 6.23 Å². The predicted octanol–water partition coefficient (Wildman–Crippen LogP) is 3.86. The molecule has 0 saturated heterocycles. The zero-order valence-corrected chi connectivity index (χ0v) is 18.8. The van der Waals surface area contributed by atoms with Gasteiger partial charge in [0.05, 0.1) is 13.2 Å². The van der Waals surface area contributed by atoms with Gasteiger partial charge in [-0.2, -0.15) is 0 Å². The molecule has 34 heavy (non-hydrogen) atoms. The normalized spacial score (nSPS) is 19.1. The Hall–Kier alpha value is -3.52. The molecule has 4 rings (SSSR count). The topological polar surface area (TPSA) is 66.0 Å². The third-order valence-corrected chi connectivity index (χ3v) is 5.66. The van der Waals surface area contributed by atoms with E-state index in [2.05, 4.69) is 27.7 Å². The molecule has 0 bridgehead atoms. The second kappa shape index (κ2) is 11.6. The molecule has 2 heterocycles. The molecule has 8 heteroatoms. The fraction of sp³-hybridized carbons (Fsp3) is 0.308. The summed E-state index contributed by atoms with van der Waals surface area (Å²) in [5.41, 5.74) is 2.45. The first-order chi connectivity index (χ1) is 16.6. The lowest BCUT2D eigenvalue weighted by Gasteiger charge is -2.23. The maximum Gasteiger partial charge on any atom is 0.188 e. The van der Waals surface area contributed by atoms with Crippen molar-refractivity contribution in [3.05, 3.63) is 95.7 Å². The SMILES string of the molecule is OCC1NC=CN1CCCOc1ccc(CCC2=COC(/C=C/c3ccc(F)cc3F)N2)cc1. The average molecular weight is 470 g/mol. The van der Waals surface area contributed by atoms with Gasteiger partial charge in [0.25, 0.3) is 0 Å². The maximum absolute atomic E-state index is 13.7. The number of aliphatic hydroxyl groups is 1. The highest BCUT2D eigenvalue weighted by Gasteiger charge is 2.16. The van der Waals surface area contributed by atoms with Gasteiger partial charge >= 0.3 is 0 Å². The van der Waals surface area contributed by atoms with E-state index in [4.69, 9.17) is 9.47 Å². The van der Waals surface area contributed by atoms with Crippen molar-refractivity contribution in [2.75, 3.05) is 19.8 Å². The molecule has 2 atom stereocenters. The van der Waals surface area contributed by atoms with E-state index in [1.54, 1.807) is 18.4 Å². The Bertz CT molecular complexity index is 1040. The molecule has 0 spiro atoms. The van der Waals surface area contributed by atoms with Gasteiger partial charge in [-0.1, -0.05) is 18.2 Å². The molecule has 0 amide bonds. The Morgan fingerprint density at radius 2 is 1.97 bits per heavy atom. The van der Waals surface area contributed by atoms with Crippen LogP contribution >= 0.6 is 0 Å². The van der Waals surface area contributed by atoms with Crippen LogP contribution in [0.1, 0.15) is 24.0 Å². The van der Waals surface area contributed by atoms with Gasteiger partial charge in [-0.15, -0.1) is 0 Å². The minimum Gasteiger partial charge on any atom is -0.494 e. The second-order valence-corrected chi connectivity index (χ2v) is 8.13. The van der Waals surface area contributed by atoms with Crippen LogP contribution in [0.2, 0.25) is 0 Å². The fourth-order valence-electron chi connectivity index (χ4n) is 3.76. The smallest absolute Gasteiger partial charge is 0.188 e. The van der Waals surface area contributed by atoms with Crippen LogP contribution in [0.25, 0.3) is 6.08 Å². The van der Waals surface area contributed by atoms with Crippen molar-refractivity contribution >= 4 is 6.08 Å². The summed E-state index contributed by atoms with van der Waals surface area (Å²) in [7, 11) is 0. The highest BCUT2D eigenvalue weighted by Crippen LogP contribution is 2.18. The number of nitrogens with one attached hydrogen (secondary N) is 2. The van der Waals surface area contributed by atoms with Crippen molar-refractivity contribution in [1.29, 1.82) is 0 Å². The second-order valence-electron chi connectivity index (χ2n) is 8.13. The Morgan fingerprint density at radius 3 is 2.76 bits per heavy atom. The molecule has 2 aromatic carbocycles. The summed E-state index contributed by atoms with van der Waals surface area (Å²) in [5.74, 6) is -0.373. The molecule has 0 aliphatic carbocycles. The van der Waals surface area contributed by atoms with Crippen LogP contribution in [0.5, 0.6) is 5.75 Å². The number of halogens is 2. The van der Waals surface area contributed by atoms with Crippen molar-refractivity contribution in [3.8, 4) is 5.75 Å². The van der Waals surface area contributed by atoms with Crippen LogP contribution in [0.4, 0.5) is 8.78 Å². The lowest BCUT2D eigenvalue weighted by atomic mass is 10.1. The number of rotatable bonds is 11. The molecule has 6 nitrogen and oxygen atoms in total. The standard InChI is InChI=1S/C26H29F2N3O3/c27-21-7-5-20(24(28)16-21)6-11-26-30-22(18-34-26)8-2-19-3-9-23(10-4-19)33-15-1-13-31-14-12-29-25(31)17-32/h3-7,9-12,14,16,18,25-26,29-30,32H,1-2,8,13,15,17H2/b11-6+. The third kappa shape index (κ3) is 6.51. The quantitative estimate of drug-likeness (QED) is 0.435. The molecule has 3 N–H and O–H groups in total. The van der Waals surface area contributed by atoms with Crippen LogP contribution in [0.3, 0.4) is 0 Å². The number of ether oxygens (including phenoxy) is 2. The lowest BCUT2D eigenvalue weighted by molar-refractivity contribution is 0.156. The molecule has 2 aliphatic rings. The fourth-order valence-corrected chi connectivity index (χ4v) is 3.76. The maximum atomic E-state index is 13.7. The van der Waals surface area contributed by atoms with E-state index in [0.29, 0.717) is 12.2 Å². The number of nitrogens with zero attached hydrogens (tertiary/aromatic N) is 1. The van der Waals surface area contributed by atoms with Crippen molar-refractivity contribution in [3.63, 3.8) is 0 Å². The molecule has 2 aliphatic heterocycles.